The normalized spacial score (nSPS) is 11.8. The number of esters is 1. The van der Waals surface area contributed by atoms with E-state index >= 15 is 0 Å². The van der Waals surface area contributed by atoms with Crippen LogP contribution in [0, 0.1) is 0 Å². The molecule has 9 nitrogen and oxygen atoms in total. The first-order chi connectivity index (χ1) is 16.5. The van der Waals surface area contributed by atoms with Crippen LogP contribution < -0.4 is 10.00 Å². The third-order valence-corrected chi connectivity index (χ3v) is 5.42. The van der Waals surface area contributed by atoms with Crippen molar-refractivity contribution in [3.63, 3.8) is 0 Å². The first-order valence-corrected chi connectivity index (χ1v) is 11.4. The molecule has 0 bridgehead atoms. The molecule has 0 aliphatic heterocycles. The number of aromatic nitrogens is 2. The molecule has 3 aromatic rings. The number of rotatable bonds is 11. The Kier molecular flexibility index (Phi) is 9.16. The van der Waals surface area contributed by atoms with E-state index < -0.39 is 12.0 Å². The maximum absolute atomic E-state index is 12.3. The number of carbonyl (C=O) groups excluding carboxylic acids is 2. The number of hydrogen-bond acceptors (Lipinski definition) is 6. The van der Waals surface area contributed by atoms with Crippen molar-refractivity contribution in [1.82, 2.24) is 10.2 Å². The van der Waals surface area contributed by atoms with E-state index in [1.807, 2.05) is 37.3 Å². The number of benzene rings is 2. The minimum atomic E-state index is -0.603. The molecule has 180 valence electrons. The van der Waals surface area contributed by atoms with Gasteiger partial charge in [0, 0.05) is 19.9 Å². The van der Waals surface area contributed by atoms with Crippen molar-refractivity contribution in [1.29, 1.82) is 0 Å². The zero-order chi connectivity index (χ0) is 24.3. The van der Waals surface area contributed by atoms with Crippen LogP contribution in [0.4, 0.5) is 16.4 Å². The van der Waals surface area contributed by atoms with Gasteiger partial charge in [-0.25, -0.2) is 4.79 Å². The van der Waals surface area contributed by atoms with Crippen LogP contribution in [0.1, 0.15) is 42.7 Å². The average molecular weight is 466 g/mol. The summed E-state index contributed by atoms with van der Waals surface area (Å²) in [5.41, 5.74) is 2.09. The van der Waals surface area contributed by atoms with Crippen LogP contribution in [0.2, 0.25) is 0 Å². The first kappa shape index (κ1) is 24.9. The lowest BCUT2D eigenvalue weighted by Gasteiger charge is -2.17. The summed E-state index contributed by atoms with van der Waals surface area (Å²) in [6.45, 7) is 8.99. The fourth-order valence-electron chi connectivity index (χ4n) is 3.39. The highest BCUT2D eigenvalue weighted by molar-refractivity contribution is 6.03. The van der Waals surface area contributed by atoms with Gasteiger partial charge in [-0.05, 0) is 41.2 Å². The molecule has 9 heteroatoms. The highest BCUT2D eigenvalue weighted by Gasteiger charge is 2.19. The van der Waals surface area contributed by atoms with Gasteiger partial charge in [0.25, 0.3) is 0 Å². The summed E-state index contributed by atoms with van der Waals surface area (Å²) < 4.78 is 12.1. The fraction of sp³-hybridized carbons (Fsp3) is 0.360. The molecule has 2 amide bonds. The number of carbonyl (C=O) groups is 2. The maximum Gasteiger partial charge on any atom is 0.338 e. The monoisotopic (exact) mass is 465 g/mol. The third kappa shape index (κ3) is 7.41. The Morgan fingerprint density at radius 2 is 1.82 bits per heavy atom. The lowest BCUT2D eigenvalue weighted by atomic mass is 10.1. The summed E-state index contributed by atoms with van der Waals surface area (Å²) in [6, 6.07) is 15.9. The van der Waals surface area contributed by atoms with Gasteiger partial charge in [-0.2, -0.15) is 0 Å². The molecule has 0 aliphatic rings. The van der Waals surface area contributed by atoms with Gasteiger partial charge in [0.15, 0.2) is 17.3 Å². The predicted molar refractivity (Wildman–Crippen MR) is 128 cm³/mol. The smallest absolute Gasteiger partial charge is 0.338 e. The Hall–Kier alpha value is -3.72. The second-order valence-electron chi connectivity index (χ2n) is 7.84. The van der Waals surface area contributed by atoms with Gasteiger partial charge < -0.3 is 24.8 Å². The third-order valence-electron chi connectivity index (χ3n) is 5.42. The van der Waals surface area contributed by atoms with Crippen LogP contribution in [0.5, 0.6) is 0 Å². The molecular weight excluding hydrogens is 434 g/mol. The molecule has 0 radical (unpaired) electrons. The molecule has 1 unspecified atom stereocenters. The molecule has 1 atom stereocenters. The molecule has 1 heterocycles. The lowest BCUT2D eigenvalue weighted by Crippen LogP contribution is -2.39. The van der Waals surface area contributed by atoms with E-state index in [0.717, 1.165) is 19.5 Å². The van der Waals surface area contributed by atoms with Crippen molar-refractivity contribution in [2.75, 3.05) is 31.6 Å². The largest absolute Gasteiger partial charge is 0.461 e. The first-order valence-electron chi connectivity index (χ1n) is 11.4. The molecule has 0 spiro atoms. The Morgan fingerprint density at radius 3 is 2.50 bits per heavy atom. The predicted octanol–water partition coefficient (Wildman–Crippen LogP) is 4.50. The van der Waals surface area contributed by atoms with Crippen LogP contribution in [0.15, 0.2) is 65.3 Å². The zero-order valence-electron chi connectivity index (χ0n) is 19.8. The number of amides is 2. The lowest BCUT2D eigenvalue weighted by molar-refractivity contribution is -0.782. The topological polar surface area (TPSA) is 103 Å². The van der Waals surface area contributed by atoms with E-state index in [1.165, 1.54) is 5.56 Å². The van der Waals surface area contributed by atoms with Crippen LogP contribution in [-0.4, -0.2) is 48.4 Å². The number of anilines is 1. The van der Waals surface area contributed by atoms with Crippen LogP contribution >= 0.6 is 0 Å². The molecule has 0 saturated heterocycles. The van der Waals surface area contributed by atoms with Crippen molar-refractivity contribution in [3.05, 3.63) is 77.2 Å². The zero-order valence-corrected chi connectivity index (χ0v) is 19.8. The van der Waals surface area contributed by atoms with Gasteiger partial charge >= 0.3 is 5.97 Å². The number of likely N-dealkylation sites (N-methyl/N-ethyl adjacent to an activating group) is 1. The van der Waals surface area contributed by atoms with E-state index in [0.29, 0.717) is 24.4 Å². The molecule has 0 saturated carbocycles. The van der Waals surface area contributed by atoms with Gasteiger partial charge in [0.1, 0.15) is 6.61 Å². The quantitative estimate of drug-likeness (QED) is 0.330. The van der Waals surface area contributed by atoms with Crippen molar-refractivity contribution >= 4 is 23.6 Å². The van der Waals surface area contributed by atoms with E-state index in [1.54, 1.807) is 35.1 Å². The molecule has 1 aromatic heterocycles. The highest BCUT2D eigenvalue weighted by Crippen LogP contribution is 2.19. The summed E-state index contributed by atoms with van der Waals surface area (Å²) in [4.78, 5) is 26.6. The summed E-state index contributed by atoms with van der Waals surface area (Å²) in [5, 5.41) is 10.5. The molecule has 2 aromatic carbocycles. The van der Waals surface area contributed by atoms with E-state index in [9.17, 15) is 9.59 Å². The second kappa shape index (κ2) is 12.5. The minimum absolute atomic E-state index is 0.0393. The average Bonchev–Trinajstić information content (AvgIpc) is 3.31. The van der Waals surface area contributed by atoms with E-state index in [-0.39, 0.29) is 11.9 Å². The molecule has 0 fully saturated rings. The molecule has 3 rings (SSSR count). The number of nitrogens with zero attached hydrogens (tertiary/aromatic N) is 4. The molecular formula is C25H31N5O4. The highest BCUT2D eigenvalue weighted by atomic mass is 16.5. The maximum atomic E-state index is 12.3. The van der Waals surface area contributed by atoms with Crippen LogP contribution in [-0.2, 0) is 11.2 Å². The number of urea groups is 1. The van der Waals surface area contributed by atoms with E-state index in [2.05, 4.69) is 34.7 Å². The van der Waals surface area contributed by atoms with Crippen molar-refractivity contribution in [3.8, 4) is 0 Å². The van der Waals surface area contributed by atoms with Gasteiger partial charge in [0.05, 0.1) is 5.56 Å². The van der Waals surface area contributed by atoms with Crippen LogP contribution in [0.25, 0.3) is 5.32 Å². The van der Waals surface area contributed by atoms with Crippen molar-refractivity contribution in [2.24, 2.45) is 0 Å². The Balaban J connectivity index is 1.46. The van der Waals surface area contributed by atoms with Crippen LogP contribution in [0.3, 0.4) is 0 Å². The summed E-state index contributed by atoms with van der Waals surface area (Å²) in [7, 11) is 0. The summed E-state index contributed by atoms with van der Waals surface area (Å²) in [5.74, 6) is -0.295. The standard InChI is InChI=1S/C25H31N5O4/c1-4-29(5-2)15-16-33-24(31)21-11-13-22(14-12-21)26-25(32)27-23-18-30(28-34-23)19(3)17-20-9-7-6-8-10-20/h6-14,18-19H,4-5,15-17H2,1-3H3,(H-,26,27,28,31,32). The molecule has 1 N–H and O–H groups in total. The minimum Gasteiger partial charge on any atom is -0.461 e. The van der Waals surface area contributed by atoms with E-state index in [4.69, 9.17) is 9.26 Å². The Morgan fingerprint density at radius 1 is 1.12 bits per heavy atom. The number of hydrogen-bond donors (Lipinski definition) is 1. The number of ether oxygens (including phenoxy) is 1. The van der Waals surface area contributed by atoms with Crippen molar-refractivity contribution < 1.29 is 23.5 Å². The van der Waals surface area contributed by atoms with Gasteiger partial charge in [-0.3, -0.25) is 4.79 Å². The van der Waals surface area contributed by atoms with Gasteiger partial charge in [-0.1, -0.05) is 56.3 Å². The van der Waals surface area contributed by atoms with Gasteiger partial charge in [0.2, 0.25) is 12.1 Å². The Bertz CT molecular complexity index is 1050. The van der Waals surface area contributed by atoms with Gasteiger partial charge in [-0.15, -0.1) is 0 Å². The number of nitrogens with one attached hydrogen (secondary N) is 1. The summed E-state index contributed by atoms with van der Waals surface area (Å²) in [6.07, 6.45) is 2.36. The Labute approximate surface area is 199 Å². The molecule has 34 heavy (non-hydrogen) atoms. The SMILES string of the molecule is CCN(CC)CCOC(=O)c1ccc(NC(=O)[N-]c2c[n+](C(C)Cc3ccccc3)no2)cc1. The fourth-order valence-corrected chi connectivity index (χ4v) is 3.39. The second-order valence-corrected chi connectivity index (χ2v) is 7.84. The summed E-state index contributed by atoms with van der Waals surface area (Å²) >= 11 is 0. The molecule has 0 aliphatic carbocycles. The van der Waals surface area contributed by atoms with Crippen molar-refractivity contribution in [2.45, 2.75) is 33.2 Å².